The number of rotatable bonds is 2. The Morgan fingerprint density at radius 1 is 1.10 bits per heavy atom. The summed E-state index contributed by atoms with van der Waals surface area (Å²) in [5.41, 5.74) is 8.80. The smallest absolute Gasteiger partial charge is 0.269 e. The summed E-state index contributed by atoms with van der Waals surface area (Å²) < 4.78 is 0. The van der Waals surface area contributed by atoms with E-state index in [1.54, 1.807) is 24.3 Å². The molecule has 1 aliphatic heterocycles. The van der Waals surface area contributed by atoms with Crippen LogP contribution in [0.4, 0.5) is 0 Å². The van der Waals surface area contributed by atoms with Gasteiger partial charge in [0.15, 0.2) is 5.11 Å². The van der Waals surface area contributed by atoms with Crippen molar-refractivity contribution in [2.24, 2.45) is 0 Å². The number of hydrogen-bond acceptors (Lipinski definition) is 3. The first kappa shape index (κ1) is 15.0. The van der Waals surface area contributed by atoms with Gasteiger partial charge in [-0.2, -0.15) is 0 Å². The lowest BCUT2D eigenvalue weighted by molar-refractivity contribution is 0.0942. The fraction of sp³-hybridized carbons (Fsp3) is 0.385. The summed E-state index contributed by atoms with van der Waals surface area (Å²) >= 11 is 10.9. The van der Waals surface area contributed by atoms with Gasteiger partial charge in [0.2, 0.25) is 0 Å². The van der Waals surface area contributed by atoms with Crippen LogP contribution in [0.1, 0.15) is 29.6 Å². The minimum Gasteiger partial charge on any atom is -0.294 e. The number of carbonyl (C=O) groups is 1. The molecule has 0 saturated carbocycles. The van der Waals surface area contributed by atoms with E-state index < -0.39 is 0 Å². The van der Waals surface area contributed by atoms with Crippen LogP contribution in [0.5, 0.6) is 0 Å². The van der Waals surface area contributed by atoms with Gasteiger partial charge in [-0.05, 0) is 49.3 Å². The zero-order valence-corrected chi connectivity index (χ0v) is 12.6. The Hall–Kier alpha value is -1.37. The molecule has 2 rings (SSSR count). The maximum absolute atomic E-state index is 11.8. The van der Waals surface area contributed by atoms with Crippen LogP contribution in [0.2, 0.25) is 5.02 Å². The van der Waals surface area contributed by atoms with E-state index >= 15 is 0 Å². The second kappa shape index (κ2) is 7.42. The van der Waals surface area contributed by atoms with E-state index in [-0.39, 0.29) is 5.91 Å². The average molecular weight is 313 g/mol. The molecule has 0 radical (unpaired) electrons. The molecular formula is C13H17ClN4OS. The molecule has 1 heterocycles. The number of hydrazine groups is 2. The number of nitrogens with one attached hydrogen (secondary N) is 3. The summed E-state index contributed by atoms with van der Waals surface area (Å²) in [6.07, 6.45) is 3.57. The van der Waals surface area contributed by atoms with E-state index in [4.69, 9.17) is 23.8 Å². The molecule has 0 bridgehead atoms. The van der Waals surface area contributed by atoms with Gasteiger partial charge in [-0.3, -0.25) is 21.1 Å². The highest BCUT2D eigenvalue weighted by Crippen LogP contribution is 2.09. The van der Waals surface area contributed by atoms with E-state index in [1.807, 2.05) is 5.01 Å². The van der Waals surface area contributed by atoms with E-state index in [9.17, 15) is 4.79 Å². The van der Waals surface area contributed by atoms with Crippen LogP contribution in [-0.4, -0.2) is 29.1 Å². The Kier molecular flexibility index (Phi) is 5.58. The number of nitrogens with zero attached hydrogens (tertiary/aromatic N) is 1. The highest BCUT2D eigenvalue weighted by Gasteiger charge is 2.11. The molecule has 1 amide bonds. The Balaban J connectivity index is 1.75. The first-order chi connectivity index (χ1) is 9.65. The SMILES string of the molecule is O=C(NNC(=S)NN1CCCCC1)c1ccc(Cl)cc1. The first-order valence-corrected chi connectivity index (χ1v) is 7.31. The summed E-state index contributed by atoms with van der Waals surface area (Å²) in [5, 5.41) is 3.03. The molecule has 1 fully saturated rings. The van der Waals surface area contributed by atoms with Crippen molar-refractivity contribution < 1.29 is 4.79 Å². The van der Waals surface area contributed by atoms with Crippen LogP contribution in [0.25, 0.3) is 0 Å². The number of halogens is 1. The molecule has 0 spiro atoms. The largest absolute Gasteiger partial charge is 0.294 e. The molecule has 5 nitrogen and oxygen atoms in total. The van der Waals surface area contributed by atoms with Crippen LogP contribution in [-0.2, 0) is 0 Å². The van der Waals surface area contributed by atoms with Crippen LogP contribution >= 0.6 is 23.8 Å². The van der Waals surface area contributed by atoms with Crippen LogP contribution in [0.15, 0.2) is 24.3 Å². The van der Waals surface area contributed by atoms with Crippen LogP contribution < -0.4 is 16.3 Å². The van der Waals surface area contributed by atoms with E-state index in [1.165, 1.54) is 6.42 Å². The molecule has 0 aromatic heterocycles. The quantitative estimate of drug-likeness (QED) is 0.575. The lowest BCUT2D eigenvalue weighted by Crippen LogP contribution is -2.53. The molecule has 0 atom stereocenters. The van der Waals surface area contributed by atoms with Crippen molar-refractivity contribution >= 4 is 34.8 Å². The molecule has 0 unspecified atom stereocenters. The second-order valence-electron chi connectivity index (χ2n) is 4.57. The standard InChI is InChI=1S/C13H17ClN4OS/c14-11-6-4-10(5-7-11)12(19)15-16-13(20)17-18-8-2-1-3-9-18/h4-7H,1-3,8-9H2,(H,15,19)(H2,16,17,20). The zero-order chi connectivity index (χ0) is 14.4. The van der Waals surface area contributed by atoms with Gasteiger partial charge in [0.1, 0.15) is 0 Å². The third-order valence-electron chi connectivity index (χ3n) is 3.01. The summed E-state index contributed by atoms with van der Waals surface area (Å²) in [6, 6.07) is 6.64. The van der Waals surface area contributed by atoms with Crippen molar-refractivity contribution in [1.29, 1.82) is 0 Å². The lowest BCUT2D eigenvalue weighted by atomic mass is 10.2. The number of amides is 1. The molecule has 1 aromatic carbocycles. The van der Waals surface area contributed by atoms with Crippen molar-refractivity contribution in [1.82, 2.24) is 21.3 Å². The third-order valence-corrected chi connectivity index (χ3v) is 3.46. The Morgan fingerprint density at radius 2 is 1.75 bits per heavy atom. The lowest BCUT2D eigenvalue weighted by Gasteiger charge is -2.28. The Morgan fingerprint density at radius 3 is 2.40 bits per heavy atom. The van der Waals surface area contributed by atoms with Crippen molar-refractivity contribution in [2.45, 2.75) is 19.3 Å². The number of hydrogen-bond donors (Lipinski definition) is 3. The second-order valence-corrected chi connectivity index (χ2v) is 5.42. The number of carbonyl (C=O) groups excluding carboxylic acids is 1. The van der Waals surface area contributed by atoms with Crippen LogP contribution in [0.3, 0.4) is 0 Å². The van der Waals surface area contributed by atoms with Gasteiger partial charge in [-0.1, -0.05) is 18.0 Å². The van der Waals surface area contributed by atoms with Gasteiger partial charge in [-0.25, -0.2) is 5.01 Å². The van der Waals surface area contributed by atoms with Crippen molar-refractivity contribution in [3.63, 3.8) is 0 Å². The number of benzene rings is 1. The highest BCUT2D eigenvalue weighted by molar-refractivity contribution is 7.80. The Bertz CT molecular complexity index is 474. The monoisotopic (exact) mass is 312 g/mol. The van der Waals surface area contributed by atoms with Gasteiger partial charge >= 0.3 is 0 Å². The molecule has 1 aliphatic rings. The van der Waals surface area contributed by atoms with E-state index in [0.717, 1.165) is 25.9 Å². The molecule has 0 aliphatic carbocycles. The fourth-order valence-corrected chi connectivity index (χ4v) is 2.27. The molecule has 20 heavy (non-hydrogen) atoms. The molecular weight excluding hydrogens is 296 g/mol. The summed E-state index contributed by atoms with van der Waals surface area (Å²) in [4.78, 5) is 11.8. The normalized spacial score (nSPS) is 15.4. The van der Waals surface area contributed by atoms with Gasteiger partial charge in [0.25, 0.3) is 5.91 Å². The van der Waals surface area contributed by atoms with Gasteiger partial charge < -0.3 is 0 Å². The summed E-state index contributed by atoms with van der Waals surface area (Å²) in [7, 11) is 0. The van der Waals surface area contributed by atoms with E-state index in [2.05, 4.69) is 16.3 Å². The van der Waals surface area contributed by atoms with Gasteiger partial charge in [0, 0.05) is 23.7 Å². The molecule has 7 heteroatoms. The third kappa shape index (κ3) is 4.63. The topological polar surface area (TPSA) is 56.4 Å². The maximum Gasteiger partial charge on any atom is 0.269 e. The molecule has 3 N–H and O–H groups in total. The van der Waals surface area contributed by atoms with Crippen molar-refractivity contribution in [3.8, 4) is 0 Å². The molecule has 1 aromatic rings. The van der Waals surface area contributed by atoms with Crippen molar-refractivity contribution in [2.75, 3.05) is 13.1 Å². The fourth-order valence-electron chi connectivity index (χ4n) is 1.96. The zero-order valence-electron chi connectivity index (χ0n) is 11.0. The molecule has 108 valence electrons. The Labute approximate surface area is 128 Å². The predicted molar refractivity (Wildman–Crippen MR) is 83.2 cm³/mol. The van der Waals surface area contributed by atoms with Crippen LogP contribution in [0, 0.1) is 0 Å². The predicted octanol–water partition coefficient (Wildman–Crippen LogP) is 1.85. The molecule has 1 saturated heterocycles. The first-order valence-electron chi connectivity index (χ1n) is 6.52. The van der Waals surface area contributed by atoms with E-state index in [0.29, 0.717) is 15.7 Å². The summed E-state index contributed by atoms with van der Waals surface area (Å²) in [6.45, 7) is 1.93. The van der Waals surface area contributed by atoms with Gasteiger partial charge in [0.05, 0.1) is 0 Å². The minimum absolute atomic E-state index is 0.260. The van der Waals surface area contributed by atoms with Gasteiger partial charge in [-0.15, -0.1) is 0 Å². The highest BCUT2D eigenvalue weighted by atomic mass is 35.5. The van der Waals surface area contributed by atoms with Crippen molar-refractivity contribution in [3.05, 3.63) is 34.9 Å². The number of piperidine rings is 1. The minimum atomic E-state index is -0.260. The average Bonchev–Trinajstić information content (AvgIpc) is 2.46. The number of thiocarbonyl (C=S) groups is 1. The summed E-state index contributed by atoms with van der Waals surface area (Å²) in [5.74, 6) is -0.260. The maximum atomic E-state index is 11.8.